The van der Waals surface area contributed by atoms with Gasteiger partial charge in [-0.15, -0.1) is 0 Å². The van der Waals surface area contributed by atoms with Gasteiger partial charge in [-0.3, -0.25) is 0 Å². The van der Waals surface area contributed by atoms with Gasteiger partial charge in [0.2, 0.25) is 0 Å². The first kappa shape index (κ1) is 36.3. The Labute approximate surface area is 108 Å². The third-order valence-electron chi connectivity index (χ3n) is 0. The Balaban J connectivity index is -0.0000000184. The van der Waals surface area contributed by atoms with Crippen molar-refractivity contribution in [2.24, 2.45) is 0 Å². The van der Waals surface area contributed by atoms with Crippen molar-refractivity contribution in [1.82, 2.24) is 0 Å². The first-order chi connectivity index (χ1) is 5.20. The monoisotopic (exact) mass is 347 g/mol. The van der Waals surface area contributed by atoms with Crippen LogP contribution in [0.3, 0.4) is 0 Å². The second-order valence-corrected chi connectivity index (χ2v) is 1.47. The summed E-state index contributed by atoms with van der Waals surface area (Å²) in [6.45, 7) is 2.92. The van der Waals surface area contributed by atoms with E-state index in [2.05, 4.69) is 0 Å². The molecule has 0 fully saturated rings. The fourth-order valence-electron chi connectivity index (χ4n) is 0. The van der Waals surface area contributed by atoms with E-state index >= 15 is 0 Å². The van der Waals surface area contributed by atoms with Gasteiger partial charge in [0.05, 0.1) is 0 Å². The van der Waals surface area contributed by atoms with Gasteiger partial charge >= 0.3 is 19.5 Å². The molecule has 0 amide bonds. The van der Waals surface area contributed by atoms with E-state index in [1.54, 1.807) is 0 Å². The summed E-state index contributed by atoms with van der Waals surface area (Å²) in [6.07, 6.45) is 0. The number of aliphatic carboxylic acids is 3. The molecular formula is C6H15O6P2Ru. The van der Waals surface area contributed by atoms with E-state index in [4.69, 9.17) is 29.7 Å². The van der Waals surface area contributed by atoms with Gasteiger partial charge in [0.15, 0.2) is 0 Å². The molecule has 0 rings (SSSR count). The van der Waals surface area contributed by atoms with E-state index in [1.165, 1.54) is 0 Å². The van der Waals surface area contributed by atoms with Crippen LogP contribution in [-0.2, 0) is 33.9 Å². The first-order valence-corrected chi connectivity index (χ1v) is 2.72. The number of hydrogen-bond donors (Lipinski definition) is 0. The average molecular weight is 346 g/mol. The fraction of sp³-hybridized carbons (Fsp3) is 0.500. The predicted octanol–water partition coefficient (Wildman–Crippen LogP) is -3.62. The summed E-state index contributed by atoms with van der Waals surface area (Å²) in [4.78, 5) is 26.7. The third kappa shape index (κ3) is 173000. The number of carboxylic acids is 3. The molecule has 0 bridgehead atoms. The number of hydrogen-bond acceptors (Lipinski definition) is 6. The summed E-state index contributed by atoms with van der Waals surface area (Å²) in [5.74, 6) is -3.25. The first-order valence-electron chi connectivity index (χ1n) is 2.72. The van der Waals surface area contributed by atoms with Crippen LogP contribution >= 0.6 is 19.8 Å². The molecule has 0 spiro atoms. The summed E-state index contributed by atoms with van der Waals surface area (Å²) >= 11 is 0. The molecule has 9 heteroatoms. The largest absolute Gasteiger partial charge is 3.00 e. The van der Waals surface area contributed by atoms with Crippen LogP contribution in [0, 0.1) is 0 Å². The van der Waals surface area contributed by atoms with E-state index in [0.717, 1.165) is 20.8 Å². The van der Waals surface area contributed by atoms with E-state index in [0.29, 0.717) is 0 Å². The second kappa shape index (κ2) is 29.2. The van der Waals surface area contributed by atoms with Gasteiger partial charge in [-0.05, 0) is 20.8 Å². The van der Waals surface area contributed by atoms with E-state index < -0.39 is 17.9 Å². The molecule has 0 saturated carbocycles. The Morgan fingerprint density at radius 3 is 0.667 bits per heavy atom. The minimum Gasteiger partial charge on any atom is -0.550 e. The molecule has 2 unspecified atom stereocenters. The minimum atomic E-state index is -1.08. The SMILES string of the molecule is CC(=O)[O-].CC(=O)[O-].CC(=O)[O-].P.P.[Ru+3]. The molecule has 0 aliphatic rings. The zero-order chi connectivity index (χ0) is 10.7. The van der Waals surface area contributed by atoms with Crippen molar-refractivity contribution < 1.29 is 49.2 Å². The summed E-state index contributed by atoms with van der Waals surface area (Å²) in [5, 5.41) is 26.7. The smallest absolute Gasteiger partial charge is 0.550 e. The van der Waals surface area contributed by atoms with Crippen molar-refractivity contribution in [3.05, 3.63) is 0 Å². The Morgan fingerprint density at radius 2 is 0.667 bits per heavy atom. The van der Waals surface area contributed by atoms with Gasteiger partial charge < -0.3 is 29.7 Å². The predicted molar refractivity (Wildman–Crippen MR) is 54.3 cm³/mol. The molecule has 2 atom stereocenters. The van der Waals surface area contributed by atoms with Crippen molar-refractivity contribution >= 4 is 37.7 Å². The number of carboxylic acid groups (broad SMARTS) is 3. The molecule has 0 saturated heterocycles. The van der Waals surface area contributed by atoms with Gasteiger partial charge in [0, 0.05) is 17.9 Å². The van der Waals surface area contributed by atoms with Gasteiger partial charge in [0.25, 0.3) is 0 Å². The quantitative estimate of drug-likeness (QED) is 0.330. The summed E-state index contributed by atoms with van der Waals surface area (Å²) in [5.41, 5.74) is 0. The molecule has 0 aliphatic carbocycles. The molecule has 0 aromatic carbocycles. The van der Waals surface area contributed by atoms with Crippen molar-refractivity contribution in [2.75, 3.05) is 0 Å². The molecule has 0 N–H and O–H groups in total. The van der Waals surface area contributed by atoms with Crippen molar-refractivity contribution in [3.8, 4) is 0 Å². The zero-order valence-corrected chi connectivity index (χ0v) is 13.3. The second-order valence-electron chi connectivity index (χ2n) is 1.47. The molecule has 0 aromatic rings. The minimum absolute atomic E-state index is 0. The third-order valence-corrected chi connectivity index (χ3v) is 0. The molecule has 1 radical (unpaired) electrons. The number of rotatable bonds is 0. The molecule has 0 heterocycles. The maximum absolute atomic E-state index is 8.89. The van der Waals surface area contributed by atoms with Crippen molar-refractivity contribution in [1.29, 1.82) is 0 Å². The maximum atomic E-state index is 8.89. The molecule has 0 aliphatic heterocycles. The van der Waals surface area contributed by atoms with Crippen LogP contribution < -0.4 is 15.3 Å². The Hall–Kier alpha value is -0.107. The zero-order valence-electron chi connectivity index (χ0n) is 8.72. The normalized spacial score (nSPS) is 5.00. The Kier molecular flexibility index (Phi) is 70.8. The van der Waals surface area contributed by atoms with Crippen LogP contribution in [0.4, 0.5) is 0 Å². The van der Waals surface area contributed by atoms with E-state index in [-0.39, 0.29) is 39.3 Å². The van der Waals surface area contributed by atoms with Crippen LogP contribution in [0.25, 0.3) is 0 Å². The van der Waals surface area contributed by atoms with Crippen LogP contribution in [0.15, 0.2) is 0 Å². The average Bonchev–Trinajstić information content (AvgIpc) is 1.54. The molecule has 0 aromatic heterocycles. The van der Waals surface area contributed by atoms with Crippen LogP contribution in [0.2, 0.25) is 0 Å². The Morgan fingerprint density at radius 1 is 0.667 bits per heavy atom. The standard InChI is InChI=1S/3C2H4O2.2H3P.Ru/c3*1-2(3)4;;;/h3*1H3,(H,3,4);2*1H3;/q;;;;;+3/p-3. The van der Waals surface area contributed by atoms with Crippen molar-refractivity contribution in [2.45, 2.75) is 20.8 Å². The van der Waals surface area contributed by atoms with E-state index in [1.807, 2.05) is 0 Å². The van der Waals surface area contributed by atoms with E-state index in [9.17, 15) is 0 Å². The van der Waals surface area contributed by atoms with Gasteiger partial charge in [-0.25, -0.2) is 0 Å². The summed E-state index contributed by atoms with van der Waals surface area (Å²) in [7, 11) is 0. The molecular weight excluding hydrogens is 331 g/mol. The van der Waals surface area contributed by atoms with Crippen LogP contribution in [-0.4, -0.2) is 17.9 Å². The number of carbonyl (C=O) groups excluding carboxylic acids is 3. The topological polar surface area (TPSA) is 120 Å². The van der Waals surface area contributed by atoms with Gasteiger partial charge in [0.1, 0.15) is 0 Å². The van der Waals surface area contributed by atoms with Crippen molar-refractivity contribution in [3.63, 3.8) is 0 Å². The summed E-state index contributed by atoms with van der Waals surface area (Å²) in [6, 6.07) is 0. The fourth-order valence-corrected chi connectivity index (χ4v) is 0. The van der Waals surface area contributed by atoms with Crippen LogP contribution in [0.5, 0.6) is 0 Å². The Bertz CT molecular complexity index is 123. The molecule has 6 nitrogen and oxygen atoms in total. The molecule has 93 valence electrons. The summed E-state index contributed by atoms with van der Waals surface area (Å²) < 4.78 is 0. The van der Waals surface area contributed by atoms with Crippen LogP contribution in [0.1, 0.15) is 20.8 Å². The van der Waals surface area contributed by atoms with Gasteiger partial charge in [-0.2, -0.15) is 19.8 Å². The van der Waals surface area contributed by atoms with Gasteiger partial charge in [-0.1, -0.05) is 0 Å². The number of carbonyl (C=O) groups is 3. The molecule has 15 heavy (non-hydrogen) atoms. The maximum Gasteiger partial charge on any atom is 3.00 e.